The number of hydrogen-bond donors (Lipinski definition) is 2. The molecule has 0 radical (unpaired) electrons. The van der Waals surface area contributed by atoms with Gasteiger partial charge in [0.15, 0.2) is 5.79 Å². The molecule has 0 aromatic heterocycles. The van der Waals surface area contributed by atoms with E-state index in [-0.39, 0.29) is 17.8 Å². The number of hydrogen-bond acceptors (Lipinski definition) is 4. The Bertz CT molecular complexity index is 457. The van der Waals surface area contributed by atoms with E-state index in [1.54, 1.807) is 0 Å². The number of ether oxygens (including phenoxy) is 2. The van der Waals surface area contributed by atoms with Crippen LogP contribution >= 0.6 is 0 Å². The summed E-state index contributed by atoms with van der Waals surface area (Å²) >= 11 is 0. The lowest BCUT2D eigenvalue weighted by Gasteiger charge is -2.50. The predicted molar refractivity (Wildman–Crippen MR) is 93.4 cm³/mol. The average Bonchev–Trinajstić information content (AvgIpc) is 3.12. The highest BCUT2D eigenvalue weighted by Crippen LogP contribution is 2.62. The summed E-state index contributed by atoms with van der Waals surface area (Å²) in [6.07, 6.45) is 6.69. The minimum atomic E-state index is -0.404. The normalized spacial score (nSPS) is 37.3. The van der Waals surface area contributed by atoms with Crippen molar-refractivity contribution in [2.45, 2.75) is 70.7 Å². The van der Waals surface area contributed by atoms with Crippen LogP contribution in [0.5, 0.6) is 0 Å². The molecule has 1 spiro atoms. The minimum absolute atomic E-state index is 0.0359. The lowest BCUT2D eigenvalue weighted by atomic mass is 9.60. The van der Waals surface area contributed by atoms with Gasteiger partial charge in [0.25, 0.3) is 0 Å². The van der Waals surface area contributed by atoms with Crippen LogP contribution in [0.3, 0.4) is 0 Å². The van der Waals surface area contributed by atoms with Gasteiger partial charge in [-0.3, -0.25) is 0 Å². The van der Waals surface area contributed by atoms with Gasteiger partial charge >= 0.3 is 0 Å². The summed E-state index contributed by atoms with van der Waals surface area (Å²) in [4.78, 5) is 0. The summed E-state index contributed by atoms with van der Waals surface area (Å²) in [6, 6.07) is 0. The van der Waals surface area contributed by atoms with Gasteiger partial charge in [0.1, 0.15) is 0 Å². The topological polar surface area (TPSA) is 58.9 Å². The molecule has 3 rings (SSSR count). The fraction of sp³-hybridized carbons (Fsp3) is 0.900. The van der Waals surface area contributed by atoms with Gasteiger partial charge in [-0.25, -0.2) is 0 Å². The maximum Gasteiger partial charge on any atom is 0.171 e. The molecule has 0 aromatic carbocycles. The highest BCUT2D eigenvalue weighted by molar-refractivity contribution is 5.06. The van der Waals surface area contributed by atoms with E-state index in [9.17, 15) is 5.11 Å². The molecule has 138 valence electrons. The smallest absolute Gasteiger partial charge is 0.171 e. The van der Waals surface area contributed by atoms with Crippen molar-refractivity contribution >= 4 is 0 Å². The predicted octanol–water partition coefficient (Wildman–Crippen LogP) is 3.27. The van der Waals surface area contributed by atoms with Crippen LogP contribution in [0.1, 0.15) is 58.8 Å². The molecule has 4 heteroatoms. The number of aliphatic hydroxyl groups excluding tert-OH is 2. The van der Waals surface area contributed by atoms with Gasteiger partial charge in [0, 0.05) is 12.3 Å². The molecule has 0 aromatic rings. The molecule has 0 amide bonds. The molecule has 1 aliphatic heterocycles. The Kier molecular flexibility index (Phi) is 5.41. The first-order valence-electron chi connectivity index (χ1n) is 9.65. The van der Waals surface area contributed by atoms with Gasteiger partial charge < -0.3 is 19.7 Å². The van der Waals surface area contributed by atoms with E-state index in [2.05, 4.69) is 20.4 Å². The molecule has 3 fully saturated rings. The molecule has 1 heterocycles. The van der Waals surface area contributed by atoms with Crippen molar-refractivity contribution in [1.29, 1.82) is 0 Å². The molecule has 5 atom stereocenters. The Balaban J connectivity index is 1.67. The maximum atomic E-state index is 10.3. The van der Waals surface area contributed by atoms with E-state index in [0.29, 0.717) is 24.2 Å². The molecule has 2 N–H and O–H groups in total. The summed E-state index contributed by atoms with van der Waals surface area (Å²) in [5.74, 6) is 1.21. The van der Waals surface area contributed by atoms with Crippen LogP contribution in [-0.4, -0.2) is 41.9 Å². The van der Waals surface area contributed by atoms with Gasteiger partial charge in [-0.15, -0.1) is 0 Å². The van der Waals surface area contributed by atoms with Crippen molar-refractivity contribution < 1.29 is 19.7 Å². The summed E-state index contributed by atoms with van der Waals surface area (Å²) in [7, 11) is 0. The van der Waals surface area contributed by atoms with Crippen molar-refractivity contribution in [3.05, 3.63) is 12.2 Å². The second-order valence-corrected chi connectivity index (χ2v) is 8.58. The van der Waals surface area contributed by atoms with Gasteiger partial charge in [-0.2, -0.15) is 0 Å². The first-order chi connectivity index (χ1) is 11.4. The van der Waals surface area contributed by atoms with Gasteiger partial charge in [0.05, 0.1) is 25.9 Å². The summed E-state index contributed by atoms with van der Waals surface area (Å²) < 4.78 is 12.3. The average molecular weight is 338 g/mol. The van der Waals surface area contributed by atoms with Crippen LogP contribution in [0, 0.1) is 23.2 Å². The number of fused-ring (bicyclic) bond motifs is 2. The lowest BCUT2D eigenvalue weighted by molar-refractivity contribution is -0.241. The van der Waals surface area contributed by atoms with Crippen LogP contribution in [-0.2, 0) is 9.47 Å². The first-order valence-corrected chi connectivity index (χ1v) is 9.65. The summed E-state index contributed by atoms with van der Waals surface area (Å²) in [5.41, 5.74) is 0.963. The van der Waals surface area contributed by atoms with Crippen molar-refractivity contribution in [3.8, 4) is 0 Å². The van der Waals surface area contributed by atoms with Crippen molar-refractivity contribution in [1.82, 2.24) is 0 Å². The van der Waals surface area contributed by atoms with Crippen LogP contribution in [0.4, 0.5) is 0 Å². The standard InChI is InChI=1S/C20H34O4/c1-14(13-21)11-16(22)12-15(2)17-5-6-18-19(17,3)7-4-8-20(18)23-9-10-24-20/h15-18,21-22H,1,4-13H2,2-3H3/t15-,16?,17-,18?,19-/m1/s1. The Morgan fingerprint density at radius 2 is 1.96 bits per heavy atom. The molecule has 2 saturated carbocycles. The Morgan fingerprint density at radius 3 is 2.62 bits per heavy atom. The van der Waals surface area contributed by atoms with Crippen LogP contribution in [0.15, 0.2) is 12.2 Å². The maximum absolute atomic E-state index is 10.3. The fourth-order valence-corrected chi connectivity index (χ4v) is 6.06. The van der Waals surface area contributed by atoms with E-state index in [0.717, 1.165) is 31.6 Å². The highest BCUT2D eigenvalue weighted by atomic mass is 16.7. The van der Waals surface area contributed by atoms with E-state index < -0.39 is 6.10 Å². The third-order valence-corrected chi connectivity index (χ3v) is 7.04. The summed E-state index contributed by atoms with van der Waals surface area (Å²) in [5, 5.41) is 19.4. The third kappa shape index (κ3) is 3.18. The molecule has 4 nitrogen and oxygen atoms in total. The Hall–Kier alpha value is -0.420. The zero-order valence-electron chi connectivity index (χ0n) is 15.3. The third-order valence-electron chi connectivity index (χ3n) is 7.04. The van der Waals surface area contributed by atoms with E-state index in [4.69, 9.17) is 14.6 Å². The van der Waals surface area contributed by atoms with E-state index >= 15 is 0 Å². The largest absolute Gasteiger partial charge is 0.393 e. The van der Waals surface area contributed by atoms with Gasteiger partial charge in [-0.1, -0.05) is 20.4 Å². The highest BCUT2D eigenvalue weighted by Gasteiger charge is 2.60. The summed E-state index contributed by atoms with van der Waals surface area (Å²) in [6.45, 7) is 9.93. The molecule has 2 unspecified atom stereocenters. The lowest BCUT2D eigenvalue weighted by Crippen LogP contribution is -2.51. The second kappa shape index (κ2) is 7.06. The molecule has 1 saturated heterocycles. The fourth-order valence-electron chi connectivity index (χ4n) is 6.06. The van der Waals surface area contributed by atoms with Crippen molar-refractivity contribution in [3.63, 3.8) is 0 Å². The first kappa shape index (κ1) is 18.4. The van der Waals surface area contributed by atoms with Crippen LogP contribution in [0.2, 0.25) is 0 Å². The SMILES string of the molecule is C=C(CO)CC(O)C[C@@H](C)[C@H]1CCC2C3(CCC[C@@]21C)OCCO3. The van der Waals surface area contributed by atoms with Crippen molar-refractivity contribution in [2.24, 2.45) is 23.2 Å². The Morgan fingerprint density at radius 1 is 1.25 bits per heavy atom. The van der Waals surface area contributed by atoms with Crippen LogP contribution in [0.25, 0.3) is 0 Å². The zero-order valence-corrected chi connectivity index (χ0v) is 15.3. The molecule has 3 aliphatic rings. The Labute approximate surface area is 146 Å². The molecule has 24 heavy (non-hydrogen) atoms. The van der Waals surface area contributed by atoms with E-state index in [1.807, 2.05) is 0 Å². The van der Waals surface area contributed by atoms with E-state index in [1.165, 1.54) is 25.7 Å². The van der Waals surface area contributed by atoms with Crippen LogP contribution < -0.4 is 0 Å². The second-order valence-electron chi connectivity index (χ2n) is 8.58. The molecule has 2 aliphatic carbocycles. The minimum Gasteiger partial charge on any atom is -0.393 e. The zero-order chi connectivity index (χ0) is 17.4. The molecular formula is C20H34O4. The van der Waals surface area contributed by atoms with Crippen molar-refractivity contribution in [2.75, 3.05) is 19.8 Å². The number of rotatable bonds is 6. The number of aliphatic hydroxyl groups is 2. The molecular weight excluding hydrogens is 304 g/mol. The van der Waals surface area contributed by atoms with Gasteiger partial charge in [-0.05, 0) is 61.3 Å². The molecule has 0 bridgehead atoms. The van der Waals surface area contributed by atoms with Gasteiger partial charge in [0.2, 0.25) is 0 Å². The monoisotopic (exact) mass is 338 g/mol. The quantitative estimate of drug-likeness (QED) is 0.730.